The van der Waals surface area contributed by atoms with Gasteiger partial charge in [0.15, 0.2) is 0 Å². The van der Waals surface area contributed by atoms with E-state index in [1.165, 1.54) is 4.90 Å². The third-order valence-corrected chi connectivity index (χ3v) is 6.18. The minimum absolute atomic E-state index is 0.125. The highest BCUT2D eigenvalue weighted by atomic mass is 16.2. The number of piperidine rings is 1. The molecule has 1 saturated heterocycles. The maximum Gasteiger partial charge on any atom is 0.321 e. The zero-order valence-corrected chi connectivity index (χ0v) is 18.9. The Hall–Kier alpha value is -3.94. The molecule has 1 fully saturated rings. The third-order valence-electron chi connectivity index (χ3n) is 6.18. The van der Waals surface area contributed by atoms with Gasteiger partial charge in [0.25, 0.3) is 11.8 Å². The van der Waals surface area contributed by atoms with Crippen LogP contribution >= 0.6 is 0 Å². The van der Waals surface area contributed by atoms with Crippen molar-refractivity contribution in [2.75, 3.05) is 12.4 Å². The van der Waals surface area contributed by atoms with E-state index in [4.69, 9.17) is 0 Å². The van der Waals surface area contributed by atoms with Crippen molar-refractivity contribution in [3.05, 3.63) is 76.5 Å². The van der Waals surface area contributed by atoms with E-state index in [9.17, 15) is 19.2 Å². The SMILES string of the molecule is C=C1CCC(N2C(=O)c3cccc(CN(C)C(=O)Nc4ccc(C)c(C)c4)c3C2=O)C(=O)N1. The molecule has 2 aromatic rings. The van der Waals surface area contributed by atoms with E-state index in [-0.39, 0.29) is 23.7 Å². The molecular formula is C25H26N4O4. The van der Waals surface area contributed by atoms with Gasteiger partial charge in [0, 0.05) is 25.0 Å². The lowest BCUT2D eigenvalue weighted by Gasteiger charge is -2.29. The third kappa shape index (κ3) is 4.11. The number of nitrogens with zero attached hydrogens (tertiary/aromatic N) is 2. The summed E-state index contributed by atoms with van der Waals surface area (Å²) < 4.78 is 0. The van der Waals surface area contributed by atoms with Crippen molar-refractivity contribution < 1.29 is 19.2 Å². The number of anilines is 1. The fraction of sp³-hybridized carbons (Fsp3) is 0.280. The molecule has 2 heterocycles. The lowest BCUT2D eigenvalue weighted by Crippen LogP contribution is -2.51. The highest BCUT2D eigenvalue weighted by molar-refractivity contribution is 6.23. The van der Waals surface area contributed by atoms with Crippen LogP contribution in [0.2, 0.25) is 0 Å². The number of hydrogen-bond donors (Lipinski definition) is 2. The standard InChI is InChI=1S/C25H26N4O4/c1-14-8-10-18(12-15(14)2)27-25(33)28(4)13-17-6-5-7-19-21(17)24(32)29(23(19)31)20-11-9-16(3)26-22(20)30/h5-8,10,12,20H,3,9,11,13H2,1-2,4H3,(H,26,30)(H,27,33). The van der Waals surface area contributed by atoms with Gasteiger partial charge in [0.1, 0.15) is 6.04 Å². The second-order valence-corrected chi connectivity index (χ2v) is 8.55. The number of aryl methyl sites for hydroxylation is 2. The first-order chi connectivity index (χ1) is 15.7. The number of carbonyl (C=O) groups is 4. The van der Waals surface area contributed by atoms with E-state index in [1.807, 2.05) is 32.0 Å². The Morgan fingerprint density at radius 3 is 2.61 bits per heavy atom. The number of benzene rings is 2. The lowest BCUT2D eigenvalue weighted by atomic mass is 10.0. The monoisotopic (exact) mass is 446 g/mol. The molecule has 1 unspecified atom stereocenters. The maximum atomic E-state index is 13.2. The van der Waals surface area contributed by atoms with Gasteiger partial charge in [0.05, 0.1) is 11.1 Å². The van der Waals surface area contributed by atoms with Crippen molar-refractivity contribution in [2.45, 2.75) is 39.3 Å². The summed E-state index contributed by atoms with van der Waals surface area (Å²) in [5.74, 6) is -1.42. The topological polar surface area (TPSA) is 98.8 Å². The van der Waals surface area contributed by atoms with Crippen molar-refractivity contribution >= 4 is 29.4 Å². The van der Waals surface area contributed by atoms with Crippen LogP contribution in [0.1, 0.15) is 50.2 Å². The Kier molecular flexibility index (Phi) is 5.76. The number of rotatable bonds is 4. The predicted octanol–water partition coefficient (Wildman–Crippen LogP) is 3.36. The van der Waals surface area contributed by atoms with Crippen LogP contribution in [0.15, 0.2) is 48.7 Å². The molecule has 8 heteroatoms. The number of allylic oxidation sites excluding steroid dienone is 1. The molecule has 1 atom stereocenters. The molecule has 0 saturated carbocycles. The number of nitrogens with one attached hydrogen (secondary N) is 2. The second-order valence-electron chi connectivity index (χ2n) is 8.55. The highest BCUT2D eigenvalue weighted by Gasteiger charge is 2.44. The molecule has 2 N–H and O–H groups in total. The number of urea groups is 1. The van der Waals surface area contributed by atoms with Crippen LogP contribution in [-0.4, -0.2) is 46.6 Å². The normalized spacial score (nSPS) is 17.7. The van der Waals surface area contributed by atoms with Crippen LogP contribution in [0.5, 0.6) is 0 Å². The van der Waals surface area contributed by atoms with Gasteiger partial charge in [-0.1, -0.05) is 24.8 Å². The van der Waals surface area contributed by atoms with Crippen molar-refractivity contribution in [2.24, 2.45) is 0 Å². The molecule has 5 amide bonds. The average molecular weight is 447 g/mol. The molecule has 0 aliphatic carbocycles. The van der Waals surface area contributed by atoms with Gasteiger partial charge in [-0.3, -0.25) is 19.3 Å². The van der Waals surface area contributed by atoms with Gasteiger partial charge >= 0.3 is 6.03 Å². The largest absolute Gasteiger partial charge is 0.329 e. The van der Waals surface area contributed by atoms with Gasteiger partial charge in [-0.15, -0.1) is 0 Å². The number of amides is 5. The lowest BCUT2D eigenvalue weighted by molar-refractivity contribution is -0.125. The summed E-state index contributed by atoms with van der Waals surface area (Å²) in [4.78, 5) is 53.9. The summed E-state index contributed by atoms with van der Waals surface area (Å²) in [7, 11) is 1.62. The van der Waals surface area contributed by atoms with Crippen LogP contribution in [0.4, 0.5) is 10.5 Å². The number of carbonyl (C=O) groups excluding carboxylic acids is 4. The molecule has 170 valence electrons. The Labute approximate surface area is 192 Å². The minimum atomic E-state index is -0.874. The van der Waals surface area contributed by atoms with Crippen molar-refractivity contribution in [1.82, 2.24) is 15.1 Å². The van der Waals surface area contributed by atoms with E-state index in [2.05, 4.69) is 17.2 Å². The first-order valence-corrected chi connectivity index (χ1v) is 10.7. The van der Waals surface area contributed by atoms with E-state index >= 15 is 0 Å². The van der Waals surface area contributed by atoms with E-state index in [1.54, 1.807) is 25.2 Å². The zero-order valence-electron chi connectivity index (χ0n) is 18.9. The molecule has 2 aliphatic rings. The predicted molar refractivity (Wildman–Crippen MR) is 124 cm³/mol. The summed E-state index contributed by atoms with van der Waals surface area (Å²) >= 11 is 0. The Balaban J connectivity index is 1.53. The molecule has 2 aromatic carbocycles. The Bertz CT molecular complexity index is 1200. The van der Waals surface area contributed by atoms with Crippen LogP contribution < -0.4 is 10.6 Å². The summed E-state index contributed by atoms with van der Waals surface area (Å²) in [6.45, 7) is 7.84. The second kappa shape index (κ2) is 8.54. The van der Waals surface area contributed by atoms with E-state index in [0.717, 1.165) is 16.0 Å². The van der Waals surface area contributed by atoms with Crippen molar-refractivity contribution in [3.8, 4) is 0 Å². The summed E-state index contributed by atoms with van der Waals surface area (Å²) in [6.07, 6.45) is 0.835. The van der Waals surface area contributed by atoms with E-state index < -0.39 is 23.8 Å². The summed E-state index contributed by atoms with van der Waals surface area (Å²) in [5, 5.41) is 5.48. The molecule has 0 bridgehead atoms. The van der Waals surface area contributed by atoms with Crippen LogP contribution in [0.25, 0.3) is 0 Å². The molecule has 4 rings (SSSR count). The number of imide groups is 1. The Morgan fingerprint density at radius 1 is 1.15 bits per heavy atom. The van der Waals surface area contributed by atoms with Gasteiger partial charge in [0.2, 0.25) is 5.91 Å². The maximum absolute atomic E-state index is 13.2. The van der Waals surface area contributed by atoms with Crippen molar-refractivity contribution in [1.29, 1.82) is 0 Å². The summed E-state index contributed by atoms with van der Waals surface area (Å²) in [6, 6.07) is 9.43. The number of hydrogen-bond acceptors (Lipinski definition) is 4. The molecule has 0 spiro atoms. The highest BCUT2D eigenvalue weighted by Crippen LogP contribution is 2.31. The quantitative estimate of drug-likeness (QED) is 0.704. The molecular weight excluding hydrogens is 420 g/mol. The van der Waals surface area contributed by atoms with Gasteiger partial charge in [-0.25, -0.2) is 4.79 Å². The van der Waals surface area contributed by atoms with Crippen LogP contribution in [-0.2, 0) is 11.3 Å². The van der Waals surface area contributed by atoms with Crippen LogP contribution in [0, 0.1) is 13.8 Å². The molecule has 33 heavy (non-hydrogen) atoms. The first-order valence-electron chi connectivity index (χ1n) is 10.7. The van der Waals surface area contributed by atoms with Crippen LogP contribution in [0.3, 0.4) is 0 Å². The number of fused-ring (bicyclic) bond motifs is 1. The van der Waals surface area contributed by atoms with E-state index in [0.29, 0.717) is 29.8 Å². The fourth-order valence-corrected chi connectivity index (χ4v) is 4.16. The molecule has 2 aliphatic heterocycles. The fourth-order valence-electron chi connectivity index (χ4n) is 4.16. The van der Waals surface area contributed by atoms with Gasteiger partial charge < -0.3 is 15.5 Å². The smallest absolute Gasteiger partial charge is 0.321 e. The molecule has 8 nitrogen and oxygen atoms in total. The Morgan fingerprint density at radius 2 is 1.91 bits per heavy atom. The van der Waals surface area contributed by atoms with Gasteiger partial charge in [-0.05, 0) is 61.6 Å². The zero-order chi connectivity index (χ0) is 23.9. The average Bonchev–Trinajstić information content (AvgIpc) is 3.02. The summed E-state index contributed by atoms with van der Waals surface area (Å²) in [5.41, 5.74) is 4.48. The van der Waals surface area contributed by atoms with Crippen molar-refractivity contribution in [3.63, 3.8) is 0 Å². The molecule has 0 aromatic heterocycles. The van der Waals surface area contributed by atoms with Gasteiger partial charge in [-0.2, -0.15) is 0 Å². The minimum Gasteiger partial charge on any atom is -0.329 e. The first kappa shape index (κ1) is 22.3. The molecule has 0 radical (unpaired) electrons.